The van der Waals surface area contributed by atoms with Crippen LogP contribution in [0.3, 0.4) is 0 Å². The average Bonchev–Trinajstić information content (AvgIpc) is 2.98. The Morgan fingerprint density at radius 2 is 1.89 bits per heavy atom. The van der Waals surface area contributed by atoms with Crippen LogP contribution in [0.4, 0.5) is 0 Å². The fourth-order valence-corrected chi connectivity index (χ4v) is 4.48. The van der Waals surface area contributed by atoms with E-state index >= 15 is 0 Å². The van der Waals surface area contributed by atoms with Gasteiger partial charge in [0.2, 0.25) is 5.91 Å². The molecular weight excluding hydrogens is 240 g/mol. The second kappa shape index (κ2) is 5.06. The van der Waals surface area contributed by atoms with Gasteiger partial charge in [0, 0.05) is 12.6 Å². The van der Waals surface area contributed by atoms with E-state index < -0.39 is 5.60 Å². The van der Waals surface area contributed by atoms with E-state index in [4.69, 9.17) is 5.73 Å². The van der Waals surface area contributed by atoms with Crippen molar-refractivity contribution in [1.29, 1.82) is 0 Å². The number of nitrogens with one attached hydrogen (secondary N) is 1. The predicted octanol–water partition coefficient (Wildman–Crippen LogP) is 1.17. The molecule has 3 rings (SSSR count). The van der Waals surface area contributed by atoms with E-state index in [-0.39, 0.29) is 17.9 Å². The summed E-state index contributed by atoms with van der Waals surface area (Å²) in [5, 5.41) is 13.4. The SMILES string of the molecule is NC1C2CCC(C2)C1C(=O)NCC1(O)CCCCC1. The van der Waals surface area contributed by atoms with Gasteiger partial charge in [-0.1, -0.05) is 19.3 Å². The first kappa shape index (κ1) is 13.4. The Bertz CT molecular complexity index is 350. The molecule has 2 bridgehead atoms. The minimum absolute atomic E-state index is 0.00839. The highest BCUT2D eigenvalue weighted by Crippen LogP contribution is 2.47. The van der Waals surface area contributed by atoms with Crippen molar-refractivity contribution in [3.05, 3.63) is 0 Å². The second-order valence-corrected chi connectivity index (χ2v) is 6.94. The Hall–Kier alpha value is -0.610. The summed E-state index contributed by atoms with van der Waals surface area (Å²) >= 11 is 0. The van der Waals surface area contributed by atoms with E-state index in [2.05, 4.69) is 5.32 Å². The number of aliphatic hydroxyl groups is 1. The molecule has 0 spiro atoms. The highest BCUT2D eigenvalue weighted by Gasteiger charge is 2.49. The summed E-state index contributed by atoms with van der Waals surface area (Å²) in [5.41, 5.74) is 5.51. The van der Waals surface area contributed by atoms with E-state index in [0.29, 0.717) is 18.4 Å². The number of rotatable bonds is 3. The van der Waals surface area contributed by atoms with Crippen molar-refractivity contribution in [1.82, 2.24) is 5.32 Å². The molecule has 4 nitrogen and oxygen atoms in total. The van der Waals surface area contributed by atoms with Crippen molar-refractivity contribution in [2.24, 2.45) is 23.5 Å². The van der Waals surface area contributed by atoms with Gasteiger partial charge in [0.05, 0.1) is 11.5 Å². The lowest BCUT2D eigenvalue weighted by Crippen LogP contribution is -2.50. The summed E-state index contributed by atoms with van der Waals surface area (Å²) < 4.78 is 0. The van der Waals surface area contributed by atoms with Gasteiger partial charge in [-0.2, -0.15) is 0 Å². The number of fused-ring (bicyclic) bond motifs is 2. The van der Waals surface area contributed by atoms with Crippen LogP contribution in [0.2, 0.25) is 0 Å². The fourth-order valence-electron chi connectivity index (χ4n) is 4.48. The monoisotopic (exact) mass is 266 g/mol. The third-order valence-corrected chi connectivity index (χ3v) is 5.66. The first-order chi connectivity index (χ1) is 9.09. The molecule has 4 atom stereocenters. The molecule has 3 fully saturated rings. The molecular formula is C15H26N2O2. The van der Waals surface area contributed by atoms with Gasteiger partial charge in [-0.25, -0.2) is 0 Å². The predicted molar refractivity (Wildman–Crippen MR) is 73.3 cm³/mol. The van der Waals surface area contributed by atoms with Crippen LogP contribution < -0.4 is 11.1 Å². The third kappa shape index (κ3) is 2.52. The molecule has 0 saturated heterocycles. The Labute approximate surface area is 115 Å². The van der Waals surface area contributed by atoms with Crippen molar-refractivity contribution in [3.63, 3.8) is 0 Å². The van der Waals surface area contributed by atoms with Crippen LogP contribution in [0.1, 0.15) is 51.4 Å². The average molecular weight is 266 g/mol. The van der Waals surface area contributed by atoms with Gasteiger partial charge >= 0.3 is 0 Å². The topological polar surface area (TPSA) is 75.4 Å². The van der Waals surface area contributed by atoms with Gasteiger partial charge in [0.1, 0.15) is 0 Å². The molecule has 19 heavy (non-hydrogen) atoms. The van der Waals surface area contributed by atoms with Crippen LogP contribution in [-0.4, -0.2) is 29.2 Å². The van der Waals surface area contributed by atoms with Crippen molar-refractivity contribution in [2.45, 2.75) is 63.0 Å². The minimum atomic E-state index is -0.671. The van der Waals surface area contributed by atoms with Gasteiger partial charge in [-0.15, -0.1) is 0 Å². The van der Waals surface area contributed by atoms with E-state index in [1.165, 1.54) is 12.8 Å². The fraction of sp³-hybridized carbons (Fsp3) is 0.933. The number of nitrogens with two attached hydrogens (primary N) is 1. The van der Waals surface area contributed by atoms with Crippen molar-refractivity contribution < 1.29 is 9.90 Å². The van der Waals surface area contributed by atoms with Crippen molar-refractivity contribution in [2.75, 3.05) is 6.54 Å². The Balaban J connectivity index is 1.54. The molecule has 0 aromatic carbocycles. The maximum absolute atomic E-state index is 12.3. The summed E-state index contributed by atoms with van der Waals surface area (Å²) in [6, 6.07) is 0.0414. The molecule has 0 aromatic rings. The quantitative estimate of drug-likeness (QED) is 0.718. The van der Waals surface area contributed by atoms with E-state index in [9.17, 15) is 9.90 Å². The Kier molecular flexibility index (Phi) is 3.56. The maximum Gasteiger partial charge on any atom is 0.225 e. The molecule has 0 aliphatic heterocycles. The molecule has 4 unspecified atom stereocenters. The summed E-state index contributed by atoms with van der Waals surface area (Å²) in [5.74, 6) is 1.11. The van der Waals surface area contributed by atoms with Crippen LogP contribution in [0.15, 0.2) is 0 Å². The first-order valence-electron chi connectivity index (χ1n) is 7.85. The van der Waals surface area contributed by atoms with Gasteiger partial charge in [-0.05, 0) is 43.9 Å². The molecule has 0 aromatic heterocycles. The molecule has 1 amide bonds. The molecule has 0 heterocycles. The Morgan fingerprint density at radius 1 is 1.21 bits per heavy atom. The molecule has 4 heteroatoms. The maximum atomic E-state index is 12.3. The van der Waals surface area contributed by atoms with Crippen LogP contribution >= 0.6 is 0 Å². The lowest BCUT2D eigenvalue weighted by Gasteiger charge is -2.33. The van der Waals surface area contributed by atoms with Crippen LogP contribution in [0.25, 0.3) is 0 Å². The molecule has 108 valence electrons. The second-order valence-electron chi connectivity index (χ2n) is 6.94. The van der Waals surface area contributed by atoms with Gasteiger partial charge < -0.3 is 16.2 Å². The zero-order valence-corrected chi connectivity index (χ0v) is 11.6. The van der Waals surface area contributed by atoms with E-state index in [1.54, 1.807) is 0 Å². The van der Waals surface area contributed by atoms with Crippen molar-refractivity contribution in [3.8, 4) is 0 Å². The molecule has 3 saturated carbocycles. The number of carbonyl (C=O) groups excluding carboxylic acids is 1. The smallest absolute Gasteiger partial charge is 0.225 e. The van der Waals surface area contributed by atoms with Gasteiger partial charge in [0.25, 0.3) is 0 Å². The minimum Gasteiger partial charge on any atom is -0.388 e. The third-order valence-electron chi connectivity index (χ3n) is 5.66. The van der Waals surface area contributed by atoms with Gasteiger partial charge in [0.15, 0.2) is 0 Å². The van der Waals surface area contributed by atoms with E-state index in [1.807, 2.05) is 0 Å². The number of carbonyl (C=O) groups is 1. The van der Waals surface area contributed by atoms with Crippen molar-refractivity contribution >= 4 is 5.91 Å². The molecule has 4 N–H and O–H groups in total. The highest BCUT2D eigenvalue weighted by atomic mass is 16.3. The summed E-state index contributed by atoms with van der Waals surface area (Å²) in [6.07, 6.45) is 8.45. The lowest BCUT2D eigenvalue weighted by atomic mass is 9.83. The number of amides is 1. The normalized spacial score (nSPS) is 40.3. The Morgan fingerprint density at radius 3 is 2.53 bits per heavy atom. The summed E-state index contributed by atoms with van der Waals surface area (Å²) in [4.78, 5) is 12.3. The molecule has 3 aliphatic carbocycles. The highest BCUT2D eigenvalue weighted by molar-refractivity contribution is 5.80. The first-order valence-corrected chi connectivity index (χ1v) is 7.85. The standard InChI is InChI=1S/C15H26N2O2/c16-13-11-5-4-10(8-11)12(13)14(18)17-9-15(19)6-2-1-3-7-15/h10-13,19H,1-9,16H2,(H,17,18). The summed E-state index contributed by atoms with van der Waals surface area (Å²) in [7, 11) is 0. The summed E-state index contributed by atoms with van der Waals surface area (Å²) in [6.45, 7) is 0.409. The zero-order chi connectivity index (χ0) is 13.5. The molecule has 3 aliphatic rings. The van der Waals surface area contributed by atoms with Crippen LogP contribution in [-0.2, 0) is 4.79 Å². The van der Waals surface area contributed by atoms with Gasteiger partial charge in [-0.3, -0.25) is 4.79 Å². The molecule has 0 radical (unpaired) electrons. The van der Waals surface area contributed by atoms with Crippen LogP contribution in [0.5, 0.6) is 0 Å². The van der Waals surface area contributed by atoms with Crippen LogP contribution in [0, 0.1) is 17.8 Å². The number of hydrogen-bond donors (Lipinski definition) is 3. The lowest BCUT2D eigenvalue weighted by molar-refractivity contribution is -0.128. The van der Waals surface area contributed by atoms with E-state index in [0.717, 1.165) is 38.5 Å². The largest absolute Gasteiger partial charge is 0.388 e. The number of hydrogen-bond acceptors (Lipinski definition) is 3. The zero-order valence-electron chi connectivity index (χ0n) is 11.6.